The van der Waals surface area contributed by atoms with Crippen LogP contribution in [0.3, 0.4) is 0 Å². The fraction of sp³-hybridized carbons (Fsp3) is 0.185. The van der Waals surface area contributed by atoms with E-state index in [1.54, 1.807) is 26.4 Å². The van der Waals surface area contributed by atoms with Crippen LogP contribution in [0.5, 0.6) is 17.2 Å². The van der Waals surface area contributed by atoms with Crippen LogP contribution in [0.1, 0.15) is 5.56 Å². The Labute approximate surface area is 198 Å². The number of benzene rings is 3. The smallest absolute Gasteiger partial charge is 0.341 e. The van der Waals surface area contributed by atoms with Gasteiger partial charge in [-0.15, -0.1) is 0 Å². The van der Waals surface area contributed by atoms with Gasteiger partial charge in [-0.25, -0.2) is 4.79 Å². The number of ether oxygens (including phenoxy) is 3. The standard InChI is InChI=1S/C27H26N2O5/c1-32-20-12-13-21(26(16-20)34-18-27(30)31)23-17-24(22-10-6-7-11-25(22)33-2)29(28-23)15-14-19-8-4-3-5-9-19/h3-13,16-17H,14-15,18H2,1-2H3,(H,30,31). The van der Waals surface area contributed by atoms with Gasteiger partial charge in [0.15, 0.2) is 6.61 Å². The van der Waals surface area contributed by atoms with E-state index in [9.17, 15) is 4.79 Å². The summed E-state index contributed by atoms with van der Waals surface area (Å²) in [4.78, 5) is 11.1. The summed E-state index contributed by atoms with van der Waals surface area (Å²) in [7, 11) is 3.19. The third-order valence-electron chi connectivity index (χ3n) is 5.43. The molecule has 0 amide bonds. The number of carboxylic acids is 1. The number of rotatable bonds is 10. The van der Waals surface area contributed by atoms with Crippen molar-refractivity contribution >= 4 is 5.97 Å². The second-order valence-corrected chi connectivity index (χ2v) is 7.62. The van der Waals surface area contributed by atoms with Crippen LogP contribution in [0.4, 0.5) is 0 Å². The highest BCUT2D eigenvalue weighted by atomic mass is 16.5. The molecule has 0 aliphatic carbocycles. The van der Waals surface area contributed by atoms with Crippen LogP contribution in [-0.2, 0) is 17.8 Å². The fourth-order valence-electron chi connectivity index (χ4n) is 3.77. The van der Waals surface area contributed by atoms with Gasteiger partial charge in [0, 0.05) is 23.7 Å². The first-order chi connectivity index (χ1) is 16.6. The first-order valence-electron chi connectivity index (χ1n) is 10.9. The number of nitrogens with zero attached hydrogens (tertiary/aromatic N) is 2. The predicted molar refractivity (Wildman–Crippen MR) is 129 cm³/mol. The summed E-state index contributed by atoms with van der Waals surface area (Å²) in [6.45, 7) is 0.188. The molecule has 0 spiro atoms. The summed E-state index contributed by atoms with van der Waals surface area (Å²) in [6.07, 6.45) is 0.801. The van der Waals surface area contributed by atoms with Gasteiger partial charge in [-0.2, -0.15) is 5.10 Å². The third-order valence-corrected chi connectivity index (χ3v) is 5.43. The van der Waals surface area contributed by atoms with Gasteiger partial charge in [0.2, 0.25) is 0 Å². The van der Waals surface area contributed by atoms with Crippen molar-refractivity contribution in [2.45, 2.75) is 13.0 Å². The maximum absolute atomic E-state index is 11.1. The van der Waals surface area contributed by atoms with Gasteiger partial charge in [0.05, 0.1) is 25.6 Å². The number of aromatic nitrogens is 2. The molecule has 1 N–H and O–H groups in total. The van der Waals surface area contributed by atoms with Crippen molar-refractivity contribution in [1.82, 2.24) is 9.78 Å². The zero-order valence-electron chi connectivity index (χ0n) is 19.1. The molecule has 3 aromatic carbocycles. The average Bonchev–Trinajstić information content (AvgIpc) is 3.30. The fourth-order valence-corrected chi connectivity index (χ4v) is 3.77. The zero-order valence-corrected chi connectivity index (χ0v) is 19.1. The summed E-state index contributed by atoms with van der Waals surface area (Å²) in [5.41, 5.74) is 4.36. The van der Waals surface area contributed by atoms with Crippen LogP contribution in [0.15, 0.2) is 78.9 Å². The molecule has 1 aromatic heterocycles. The van der Waals surface area contributed by atoms with E-state index < -0.39 is 12.6 Å². The molecule has 0 fully saturated rings. The van der Waals surface area contributed by atoms with Gasteiger partial charge >= 0.3 is 5.97 Å². The highest BCUT2D eigenvalue weighted by Gasteiger charge is 2.18. The van der Waals surface area contributed by atoms with Gasteiger partial charge in [-0.05, 0) is 42.3 Å². The van der Waals surface area contributed by atoms with E-state index in [-0.39, 0.29) is 0 Å². The number of aryl methyl sites for hydroxylation is 2. The normalized spacial score (nSPS) is 10.6. The van der Waals surface area contributed by atoms with Crippen LogP contribution in [-0.4, -0.2) is 41.7 Å². The Balaban J connectivity index is 1.78. The van der Waals surface area contributed by atoms with Gasteiger partial charge < -0.3 is 19.3 Å². The highest BCUT2D eigenvalue weighted by Crippen LogP contribution is 2.37. The van der Waals surface area contributed by atoms with Crippen molar-refractivity contribution in [3.63, 3.8) is 0 Å². The maximum atomic E-state index is 11.1. The molecule has 0 unspecified atom stereocenters. The van der Waals surface area contributed by atoms with Crippen molar-refractivity contribution in [2.75, 3.05) is 20.8 Å². The SMILES string of the molecule is COc1ccc(-c2cc(-c3ccccc3OC)n(CCc3ccccc3)n2)c(OCC(=O)O)c1. The molecule has 0 atom stereocenters. The predicted octanol–water partition coefficient (Wildman–Crippen LogP) is 4.94. The molecule has 0 bridgehead atoms. The van der Waals surface area contributed by atoms with Crippen molar-refractivity contribution < 1.29 is 24.1 Å². The summed E-state index contributed by atoms with van der Waals surface area (Å²) < 4.78 is 18.4. The van der Waals surface area contributed by atoms with Crippen LogP contribution < -0.4 is 14.2 Å². The van der Waals surface area contributed by atoms with Gasteiger partial charge in [-0.1, -0.05) is 42.5 Å². The Bertz CT molecular complexity index is 1270. The van der Waals surface area contributed by atoms with Crippen LogP contribution >= 0.6 is 0 Å². The first-order valence-corrected chi connectivity index (χ1v) is 10.9. The molecule has 34 heavy (non-hydrogen) atoms. The molecule has 4 rings (SSSR count). The number of aliphatic carboxylic acids is 1. The van der Waals surface area contributed by atoms with Crippen molar-refractivity contribution in [2.24, 2.45) is 0 Å². The Morgan fingerprint density at radius 2 is 1.65 bits per heavy atom. The quantitative estimate of drug-likeness (QED) is 0.362. The second kappa shape index (κ2) is 10.6. The summed E-state index contributed by atoms with van der Waals surface area (Å²) in [6, 6.07) is 25.3. The highest BCUT2D eigenvalue weighted by molar-refractivity contribution is 5.76. The number of carboxylic acid groups (broad SMARTS) is 1. The summed E-state index contributed by atoms with van der Waals surface area (Å²) in [5, 5.41) is 14.0. The number of carbonyl (C=O) groups is 1. The van der Waals surface area contributed by atoms with Crippen molar-refractivity contribution in [3.05, 3.63) is 84.4 Å². The molecule has 7 nitrogen and oxygen atoms in total. The van der Waals surface area contributed by atoms with Gasteiger partial charge in [-0.3, -0.25) is 4.68 Å². The number of hydrogen-bond donors (Lipinski definition) is 1. The summed E-state index contributed by atoms with van der Waals surface area (Å²) >= 11 is 0. The first kappa shape index (κ1) is 22.9. The molecule has 0 aliphatic heterocycles. The van der Waals surface area contributed by atoms with Crippen LogP contribution in [0, 0.1) is 0 Å². The lowest BCUT2D eigenvalue weighted by Gasteiger charge is -2.11. The molecule has 174 valence electrons. The summed E-state index contributed by atoms with van der Waals surface area (Å²) in [5.74, 6) is 0.641. The van der Waals surface area contributed by atoms with Crippen LogP contribution in [0.25, 0.3) is 22.5 Å². The Kier molecular flexibility index (Phi) is 7.13. The molecule has 0 saturated carbocycles. The van der Waals surface area contributed by atoms with E-state index >= 15 is 0 Å². The van der Waals surface area contributed by atoms with E-state index in [1.165, 1.54) is 5.56 Å². The molecule has 1 heterocycles. The number of hydrogen-bond acceptors (Lipinski definition) is 5. The van der Waals surface area contributed by atoms with Gasteiger partial charge in [0.1, 0.15) is 17.2 Å². The Hall–Kier alpha value is -4.26. The molecule has 0 radical (unpaired) electrons. The molecule has 4 aromatic rings. The minimum Gasteiger partial charge on any atom is -0.497 e. The van der Waals surface area contributed by atoms with Crippen molar-refractivity contribution in [1.29, 1.82) is 0 Å². The average molecular weight is 459 g/mol. The van der Waals surface area contributed by atoms with E-state index in [2.05, 4.69) is 12.1 Å². The lowest BCUT2D eigenvalue weighted by atomic mass is 10.1. The minimum atomic E-state index is -1.06. The topological polar surface area (TPSA) is 82.8 Å². The van der Waals surface area contributed by atoms with E-state index in [4.69, 9.17) is 24.4 Å². The molecular weight excluding hydrogens is 432 g/mol. The lowest BCUT2D eigenvalue weighted by Crippen LogP contribution is -2.10. The zero-order chi connectivity index (χ0) is 23.9. The molecule has 0 saturated heterocycles. The van der Waals surface area contributed by atoms with E-state index in [0.29, 0.717) is 29.3 Å². The molecule has 0 aliphatic rings. The molecule has 7 heteroatoms. The second-order valence-electron chi connectivity index (χ2n) is 7.62. The Morgan fingerprint density at radius 3 is 2.38 bits per heavy atom. The van der Waals surface area contributed by atoms with Gasteiger partial charge in [0.25, 0.3) is 0 Å². The maximum Gasteiger partial charge on any atom is 0.341 e. The lowest BCUT2D eigenvalue weighted by molar-refractivity contribution is -0.139. The van der Waals surface area contributed by atoms with Crippen LogP contribution in [0.2, 0.25) is 0 Å². The minimum absolute atomic E-state index is 0.390. The third kappa shape index (κ3) is 5.20. The number of methoxy groups -OCH3 is 2. The number of para-hydroxylation sites is 1. The Morgan fingerprint density at radius 1 is 0.882 bits per heavy atom. The van der Waals surface area contributed by atoms with Crippen molar-refractivity contribution in [3.8, 4) is 39.8 Å². The molecular formula is C27H26N2O5. The van der Waals surface area contributed by atoms with E-state index in [0.717, 1.165) is 23.4 Å². The largest absolute Gasteiger partial charge is 0.497 e. The van der Waals surface area contributed by atoms with E-state index in [1.807, 2.05) is 59.3 Å². The monoisotopic (exact) mass is 458 g/mol.